The van der Waals surface area contributed by atoms with E-state index in [1.54, 1.807) is 49.8 Å². The zero-order chi connectivity index (χ0) is 36.7. The van der Waals surface area contributed by atoms with Crippen LogP contribution in [-0.2, 0) is 0 Å². The molecular weight excluding hydrogens is 644 g/mol. The van der Waals surface area contributed by atoms with E-state index in [-0.39, 0.29) is 23.2 Å². The van der Waals surface area contributed by atoms with Gasteiger partial charge in [0.05, 0.1) is 7.11 Å². The summed E-state index contributed by atoms with van der Waals surface area (Å²) >= 11 is 0. The lowest BCUT2D eigenvalue weighted by molar-refractivity contribution is 0.318. The Hall–Kier alpha value is -6.88. The second-order valence-electron chi connectivity index (χ2n) is 11.7. The molecule has 8 N–H and O–H groups in total. The van der Waals surface area contributed by atoms with Gasteiger partial charge >= 0.3 is 0 Å². The maximum absolute atomic E-state index is 9.61. The van der Waals surface area contributed by atoms with Crippen molar-refractivity contribution in [1.82, 2.24) is 9.97 Å². The van der Waals surface area contributed by atoms with Gasteiger partial charge < -0.3 is 36.8 Å². The summed E-state index contributed by atoms with van der Waals surface area (Å²) in [5.74, 6) is 0.853. The molecule has 0 saturated carbocycles. The zero-order valence-corrected chi connectivity index (χ0v) is 28.5. The third-order valence-electron chi connectivity index (χ3n) is 8.20. The molecule has 258 valence electrons. The Bertz CT molecular complexity index is 2230. The predicted octanol–water partition coefficient (Wildman–Crippen LogP) is 7.37. The van der Waals surface area contributed by atoms with Crippen molar-refractivity contribution in [2.45, 2.75) is 20.8 Å². The van der Waals surface area contributed by atoms with Crippen molar-refractivity contribution in [2.75, 3.05) is 7.11 Å². The van der Waals surface area contributed by atoms with Crippen LogP contribution in [0.4, 0.5) is 0 Å². The van der Waals surface area contributed by atoms with Gasteiger partial charge in [0, 0.05) is 51.5 Å². The first-order chi connectivity index (χ1) is 24.6. The summed E-state index contributed by atoms with van der Waals surface area (Å²) in [6, 6.07) is 29.1. The first-order valence-electron chi connectivity index (χ1n) is 15.8. The summed E-state index contributed by atoms with van der Waals surface area (Å²) in [6.45, 7) is 5.81. The number of ether oxygens (including phenoxy) is 1. The molecule has 0 amide bonds. The average molecular weight is 683 g/mol. The van der Waals surface area contributed by atoms with Gasteiger partial charge in [-0.2, -0.15) is 0 Å². The molecule has 0 aliphatic carbocycles. The van der Waals surface area contributed by atoms with Crippen molar-refractivity contribution >= 4 is 11.7 Å². The van der Waals surface area contributed by atoms with E-state index in [4.69, 9.17) is 16.2 Å². The zero-order valence-electron chi connectivity index (χ0n) is 28.5. The Kier molecular flexibility index (Phi) is 10.8. The van der Waals surface area contributed by atoms with Gasteiger partial charge in [-0.3, -0.25) is 4.98 Å². The third-order valence-corrected chi connectivity index (χ3v) is 8.20. The number of aromatic nitrogens is 2. The average Bonchev–Trinajstić information content (AvgIpc) is 3.14. The molecule has 6 aromatic rings. The number of amidine groups is 2. The number of aromatic hydroxyl groups is 2. The first-order valence-corrected chi connectivity index (χ1v) is 15.8. The maximum Gasteiger partial charge on any atom is 0.221 e. The molecule has 51 heavy (non-hydrogen) atoms. The highest BCUT2D eigenvalue weighted by Gasteiger charge is 2.21. The van der Waals surface area contributed by atoms with Crippen molar-refractivity contribution in [1.29, 1.82) is 0 Å². The maximum atomic E-state index is 9.61. The molecular formula is C40H38N6O5. The highest BCUT2D eigenvalue weighted by molar-refractivity contribution is 6.08. The fourth-order valence-corrected chi connectivity index (χ4v) is 5.89. The summed E-state index contributed by atoms with van der Waals surface area (Å²) in [7, 11) is 1.55. The van der Waals surface area contributed by atoms with Crippen molar-refractivity contribution in [3.8, 4) is 61.9 Å². The van der Waals surface area contributed by atoms with Gasteiger partial charge in [0.1, 0.15) is 11.5 Å². The molecule has 6 rings (SSSR count). The lowest BCUT2D eigenvalue weighted by Crippen LogP contribution is -2.15. The van der Waals surface area contributed by atoms with Gasteiger partial charge in [0.2, 0.25) is 5.88 Å². The smallest absolute Gasteiger partial charge is 0.221 e. The van der Waals surface area contributed by atoms with Crippen LogP contribution in [0.3, 0.4) is 0 Å². The minimum absolute atomic E-state index is 0.00497. The van der Waals surface area contributed by atoms with E-state index in [0.29, 0.717) is 17.0 Å². The standard InChI is InChI=1S/C20H19N3O3.C20H19N3O2/c1-12-10-16(13-5-7-14(24)8-6-13)18(17(11-12)19(21)23-25)15-4-3-9-22-20(15)26-2;1-12-10-17(14-5-7-15(24)8-6-14)19(18(11-12)20(21)23-25)16-4-3-9-22-13(16)2/h3-11,24-25H,1-2H3,(H2,21,23);3-11,24-25H,1-2H3,(H2,21,23). The normalized spacial score (nSPS) is 11.5. The monoisotopic (exact) mass is 682 g/mol. The lowest BCUT2D eigenvalue weighted by atomic mass is 9.88. The van der Waals surface area contributed by atoms with Crippen LogP contribution >= 0.6 is 0 Å². The summed E-state index contributed by atoms with van der Waals surface area (Å²) in [5, 5.41) is 44.1. The molecule has 4 aromatic carbocycles. The Morgan fingerprint density at radius 1 is 0.588 bits per heavy atom. The van der Waals surface area contributed by atoms with Gasteiger partial charge in [-0.15, -0.1) is 0 Å². The van der Waals surface area contributed by atoms with Crippen LogP contribution in [0.25, 0.3) is 44.5 Å². The van der Waals surface area contributed by atoms with Gasteiger partial charge in [-0.05, 0) is 109 Å². The number of benzene rings is 4. The number of aryl methyl sites for hydroxylation is 3. The van der Waals surface area contributed by atoms with E-state index in [9.17, 15) is 20.6 Å². The van der Waals surface area contributed by atoms with Crippen molar-refractivity contribution in [3.63, 3.8) is 0 Å². The van der Waals surface area contributed by atoms with E-state index in [2.05, 4.69) is 20.3 Å². The van der Waals surface area contributed by atoms with Crippen molar-refractivity contribution < 1.29 is 25.4 Å². The SMILES string of the molecule is COc1ncccc1-c1c(C(N)=NO)cc(C)cc1-c1ccc(O)cc1.Cc1cc(C(N)=NO)c(-c2cccnc2C)c(-c2ccc(O)cc2)c1. The van der Waals surface area contributed by atoms with Crippen LogP contribution in [-0.4, -0.2) is 49.4 Å². The van der Waals surface area contributed by atoms with Crippen molar-refractivity contribution in [3.05, 3.63) is 137 Å². The van der Waals surface area contributed by atoms with Crippen LogP contribution in [0.2, 0.25) is 0 Å². The molecule has 11 heteroatoms. The van der Waals surface area contributed by atoms with Crippen LogP contribution in [0.5, 0.6) is 17.4 Å². The second kappa shape index (κ2) is 15.6. The molecule has 2 heterocycles. The minimum atomic E-state index is -0.00497. The number of rotatable bonds is 7. The highest BCUT2D eigenvalue weighted by Crippen LogP contribution is 2.40. The number of phenolic OH excluding ortho intramolecular Hbond substituents is 2. The lowest BCUT2D eigenvalue weighted by Gasteiger charge is -2.18. The van der Waals surface area contributed by atoms with Gasteiger partial charge in [-0.25, -0.2) is 4.98 Å². The topological polar surface area (TPSA) is 193 Å². The molecule has 0 fully saturated rings. The van der Waals surface area contributed by atoms with Gasteiger partial charge in [0.25, 0.3) is 0 Å². The van der Waals surface area contributed by atoms with Gasteiger partial charge in [-0.1, -0.05) is 52.8 Å². The fraction of sp³-hybridized carbons (Fsp3) is 0.100. The number of oxime groups is 2. The summed E-state index contributed by atoms with van der Waals surface area (Å²) in [4.78, 5) is 8.64. The number of nitrogens with zero attached hydrogens (tertiary/aromatic N) is 4. The van der Waals surface area contributed by atoms with Crippen molar-refractivity contribution in [2.24, 2.45) is 21.8 Å². The Labute approximate surface area is 295 Å². The number of hydrogen-bond acceptors (Lipinski definition) is 9. The Balaban J connectivity index is 0.000000198. The minimum Gasteiger partial charge on any atom is -0.508 e. The summed E-state index contributed by atoms with van der Waals surface area (Å²) in [6.07, 6.45) is 3.37. The van der Waals surface area contributed by atoms with Gasteiger partial charge in [0.15, 0.2) is 11.7 Å². The van der Waals surface area contributed by atoms with Crippen LogP contribution in [0.15, 0.2) is 120 Å². The van der Waals surface area contributed by atoms with Crippen LogP contribution in [0, 0.1) is 20.8 Å². The molecule has 0 unspecified atom stereocenters. The number of phenols is 2. The quantitative estimate of drug-likeness (QED) is 0.0432. The second-order valence-corrected chi connectivity index (χ2v) is 11.7. The molecule has 0 aliphatic heterocycles. The molecule has 0 saturated heterocycles. The molecule has 0 aliphatic rings. The largest absolute Gasteiger partial charge is 0.508 e. The molecule has 11 nitrogen and oxygen atoms in total. The van der Waals surface area contributed by atoms with E-state index in [1.165, 1.54) is 0 Å². The van der Waals surface area contributed by atoms with E-state index < -0.39 is 0 Å². The third kappa shape index (κ3) is 7.73. The number of pyridine rings is 2. The van der Waals surface area contributed by atoms with Crippen LogP contribution in [0.1, 0.15) is 27.9 Å². The molecule has 0 radical (unpaired) electrons. The molecule has 0 spiro atoms. The summed E-state index contributed by atoms with van der Waals surface area (Å²) in [5.41, 5.74) is 22.7. The molecule has 2 aromatic heterocycles. The Morgan fingerprint density at radius 2 is 1.02 bits per heavy atom. The highest BCUT2D eigenvalue weighted by atomic mass is 16.5. The number of methoxy groups -OCH3 is 1. The first kappa shape index (κ1) is 35.4. The van der Waals surface area contributed by atoms with E-state index in [1.807, 2.05) is 87.5 Å². The number of nitrogens with two attached hydrogens (primary N) is 2. The fourth-order valence-electron chi connectivity index (χ4n) is 5.89. The van der Waals surface area contributed by atoms with E-state index in [0.717, 1.165) is 61.3 Å². The Morgan fingerprint density at radius 3 is 1.45 bits per heavy atom. The summed E-state index contributed by atoms with van der Waals surface area (Å²) < 4.78 is 5.41. The molecule has 0 atom stereocenters. The number of hydrogen-bond donors (Lipinski definition) is 6. The van der Waals surface area contributed by atoms with E-state index >= 15 is 0 Å². The van der Waals surface area contributed by atoms with Crippen LogP contribution < -0.4 is 16.2 Å². The predicted molar refractivity (Wildman–Crippen MR) is 199 cm³/mol. The molecule has 0 bridgehead atoms.